The summed E-state index contributed by atoms with van der Waals surface area (Å²) < 4.78 is 0. The van der Waals surface area contributed by atoms with Gasteiger partial charge in [-0.05, 0) is 41.8 Å². The molecule has 0 aromatic heterocycles. The van der Waals surface area contributed by atoms with Crippen LogP contribution in [0.15, 0.2) is 48.5 Å². The van der Waals surface area contributed by atoms with Gasteiger partial charge in [0.15, 0.2) is 10.8 Å². The number of hydrogen-bond acceptors (Lipinski definition) is 6. The van der Waals surface area contributed by atoms with Gasteiger partial charge < -0.3 is 0 Å². The molecule has 0 amide bonds. The molecule has 4 atom stereocenters. The number of nitrogens with zero attached hydrogens (tertiary/aromatic N) is 5. The Morgan fingerprint density at radius 3 is 1.64 bits per heavy atom. The van der Waals surface area contributed by atoms with Crippen LogP contribution in [0.4, 0.5) is 0 Å². The van der Waals surface area contributed by atoms with Crippen molar-refractivity contribution in [2.24, 2.45) is 16.7 Å². The van der Waals surface area contributed by atoms with Crippen molar-refractivity contribution in [2.45, 2.75) is 31.2 Å². The van der Waals surface area contributed by atoms with E-state index in [1.54, 1.807) is 31.2 Å². The van der Waals surface area contributed by atoms with Gasteiger partial charge in [0.25, 0.3) is 0 Å². The van der Waals surface area contributed by atoms with E-state index in [4.69, 9.17) is 23.2 Å². The van der Waals surface area contributed by atoms with Gasteiger partial charge in [-0.25, -0.2) is 0 Å². The Morgan fingerprint density at radius 2 is 1.27 bits per heavy atom. The van der Waals surface area contributed by atoms with Crippen LogP contribution < -0.4 is 0 Å². The van der Waals surface area contributed by atoms with Crippen LogP contribution in [0.5, 0.6) is 0 Å². The van der Waals surface area contributed by atoms with Crippen molar-refractivity contribution in [3.63, 3.8) is 0 Å². The molecule has 1 aliphatic carbocycles. The molecule has 0 N–H and O–H groups in total. The second kappa shape index (κ2) is 9.09. The molecule has 1 fully saturated rings. The Labute approximate surface area is 201 Å². The van der Waals surface area contributed by atoms with Crippen molar-refractivity contribution in [1.29, 1.82) is 21.0 Å². The normalized spacial score (nSPS) is 24.9. The van der Waals surface area contributed by atoms with Gasteiger partial charge in [0.2, 0.25) is 6.04 Å². The zero-order chi connectivity index (χ0) is 24.4. The standard InChI is InChI=1S/C24H17Cl2N5O2/c1-2-19-21(31(32)33)20(15-3-7-17(25)8-4-15)24(13-29,14-30)22(23(19,11-27)12-28)16-5-9-18(26)10-6-16/h3-10,19-22H,2H2,1H3/t19-,20-,21+,22+/m1/s1. The van der Waals surface area contributed by atoms with Crippen molar-refractivity contribution < 1.29 is 4.92 Å². The van der Waals surface area contributed by atoms with Gasteiger partial charge in [0.1, 0.15) is 0 Å². The van der Waals surface area contributed by atoms with Crippen LogP contribution in [0.2, 0.25) is 10.0 Å². The maximum Gasteiger partial charge on any atom is 0.227 e. The number of nitriles is 4. The topological polar surface area (TPSA) is 138 Å². The molecule has 0 spiro atoms. The summed E-state index contributed by atoms with van der Waals surface area (Å²) in [6.45, 7) is 1.66. The fourth-order valence-corrected chi connectivity index (χ4v) is 5.53. The van der Waals surface area contributed by atoms with Crippen LogP contribution >= 0.6 is 23.2 Å². The van der Waals surface area contributed by atoms with Gasteiger partial charge in [-0.2, -0.15) is 21.0 Å². The van der Waals surface area contributed by atoms with Crippen LogP contribution in [-0.4, -0.2) is 11.0 Å². The highest BCUT2D eigenvalue weighted by Gasteiger charge is 2.72. The minimum atomic E-state index is -2.10. The van der Waals surface area contributed by atoms with Crippen molar-refractivity contribution in [1.82, 2.24) is 0 Å². The lowest BCUT2D eigenvalue weighted by molar-refractivity contribution is -0.546. The third kappa shape index (κ3) is 3.57. The van der Waals surface area contributed by atoms with E-state index in [-0.39, 0.29) is 6.42 Å². The summed E-state index contributed by atoms with van der Waals surface area (Å²) in [6.07, 6.45) is 0.119. The summed E-state index contributed by atoms with van der Waals surface area (Å²) in [5.74, 6) is -3.53. The monoisotopic (exact) mass is 477 g/mol. The molecule has 0 heterocycles. The third-order valence-corrected chi connectivity index (χ3v) is 7.10. The Balaban J connectivity index is 2.49. The second-order valence-electron chi connectivity index (χ2n) is 7.99. The molecular weight excluding hydrogens is 461 g/mol. The zero-order valence-corrected chi connectivity index (χ0v) is 19.0. The highest BCUT2D eigenvalue weighted by atomic mass is 35.5. The molecule has 1 saturated carbocycles. The van der Waals surface area contributed by atoms with Crippen LogP contribution in [0, 0.1) is 72.2 Å². The summed E-state index contributed by atoms with van der Waals surface area (Å²) in [7, 11) is 0. The minimum Gasteiger partial charge on any atom is -0.264 e. The van der Waals surface area contributed by atoms with Crippen LogP contribution in [-0.2, 0) is 0 Å². The predicted octanol–water partition coefficient (Wildman–Crippen LogP) is 5.61. The Morgan fingerprint density at radius 1 is 0.848 bits per heavy atom. The number of benzene rings is 2. The molecule has 9 heteroatoms. The quantitative estimate of drug-likeness (QED) is 0.413. The van der Waals surface area contributed by atoms with Crippen molar-refractivity contribution in [3.8, 4) is 24.3 Å². The van der Waals surface area contributed by atoms with Gasteiger partial charge in [-0.3, -0.25) is 10.1 Å². The maximum absolute atomic E-state index is 12.4. The largest absolute Gasteiger partial charge is 0.264 e. The van der Waals surface area contributed by atoms with E-state index in [2.05, 4.69) is 0 Å². The fourth-order valence-electron chi connectivity index (χ4n) is 5.28. The first kappa shape index (κ1) is 24.0. The molecule has 0 bridgehead atoms. The SMILES string of the molecule is CC[C@@H]1[C@H]([N+](=O)[O-])[C@@H](c2ccc(Cl)cc2)C(C#N)(C#N)[C@@H](c2ccc(Cl)cc2)C1(C#N)C#N. The van der Waals surface area contributed by atoms with Crippen LogP contribution in [0.25, 0.3) is 0 Å². The molecule has 0 saturated heterocycles. The zero-order valence-electron chi connectivity index (χ0n) is 17.4. The first-order chi connectivity index (χ1) is 15.8. The van der Waals surface area contributed by atoms with Gasteiger partial charge in [-0.15, -0.1) is 0 Å². The lowest BCUT2D eigenvalue weighted by Gasteiger charge is -2.51. The van der Waals surface area contributed by atoms with Gasteiger partial charge in [0.05, 0.1) is 36.1 Å². The molecule has 7 nitrogen and oxygen atoms in total. The third-order valence-electron chi connectivity index (χ3n) is 6.60. The molecule has 2 aromatic rings. The van der Waals surface area contributed by atoms with E-state index in [1.807, 2.05) is 24.3 Å². The molecule has 3 rings (SSSR count). The van der Waals surface area contributed by atoms with E-state index in [0.29, 0.717) is 21.2 Å². The van der Waals surface area contributed by atoms with E-state index >= 15 is 0 Å². The molecule has 0 radical (unpaired) electrons. The van der Waals surface area contributed by atoms with E-state index in [0.717, 1.165) is 0 Å². The molecule has 1 aliphatic rings. The van der Waals surface area contributed by atoms with Gasteiger partial charge in [0, 0.05) is 20.9 Å². The molecule has 2 aromatic carbocycles. The Kier molecular flexibility index (Phi) is 6.62. The van der Waals surface area contributed by atoms with E-state index < -0.39 is 39.5 Å². The number of halogens is 2. The summed E-state index contributed by atoms with van der Waals surface area (Å²) in [6, 6.07) is 18.8. The van der Waals surface area contributed by atoms with Crippen LogP contribution in [0.1, 0.15) is 36.3 Å². The maximum atomic E-state index is 12.4. The fraction of sp³-hybridized carbons (Fsp3) is 0.333. The van der Waals surface area contributed by atoms with Crippen molar-refractivity contribution in [2.75, 3.05) is 0 Å². The summed E-state index contributed by atoms with van der Waals surface area (Å²) in [5.41, 5.74) is -3.37. The highest BCUT2D eigenvalue weighted by molar-refractivity contribution is 6.30. The summed E-state index contributed by atoms with van der Waals surface area (Å²) in [4.78, 5) is 11.9. The smallest absolute Gasteiger partial charge is 0.227 e. The first-order valence-corrected chi connectivity index (χ1v) is 10.8. The van der Waals surface area contributed by atoms with Crippen LogP contribution in [0.3, 0.4) is 0 Å². The highest BCUT2D eigenvalue weighted by Crippen LogP contribution is 2.64. The summed E-state index contributed by atoms with van der Waals surface area (Å²) in [5, 5.41) is 54.6. The Hall–Kier alpha value is -3.62. The number of nitro groups is 1. The van der Waals surface area contributed by atoms with Crippen molar-refractivity contribution >= 4 is 23.2 Å². The number of rotatable bonds is 4. The lowest BCUT2D eigenvalue weighted by Crippen LogP contribution is -2.60. The molecule has 0 unspecified atom stereocenters. The average molecular weight is 478 g/mol. The van der Waals surface area contributed by atoms with Gasteiger partial charge >= 0.3 is 0 Å². The molecule has 33 heavy (non-hydrogen) atoms. The predicted molar refractivity (Wildman–Crippen MR) is 120 cm³/mol. The summed E-state index contributed by atoms with van der Waals surface area (Å²) >= 11 is 12.0. The van der Waals surface area contributed by atoms with Gasteiger partial charge in [-0.1, -0.05) is 54.4 Å². The van der Waals surface area contributed by atoms with Crippen molar-refractivity contribution in [3.05, 3.63) is 79.8 Å². The van der Waals surface area contributed by atoms with E-state index in [9.17, 15) is 31.2 Å². The van der Waals surface area contributed by atoms with E-state index in [1.165, 1.54) is 24.3 Å². The number of hydrogen-bond donors (Lipinski definition) is 0. The second-order valence-corrected chi connectivity index (χ2v) is 8.86. The molecular formula is C24H17Cl2N5O2. The molecule has 164 valence electrons. The lowest BCUT2D eigenvalue weighted by atomic mass is 9.44. The minimum absolute atomic E-state index is 0.119. The first-order valence-electron chi connectivity index (χ1n) is 10.1. The molecule has 0 aliphatic heterocycles. The average Bonchev–Trinajstić information content (AvgIpc) is 2.83. The Bertz CT molecular complexity index is 1200.